The highest BCUT2D eigenvalue weighted by molar-refractivity contribution is 8.00. The minimum Gasteiger partial charge on any atom is -0.369 e. The van der Waals surface area contributed by atoms with Crippen molar-refractivity contribution in [2.24, 2.45) is 5.73 Å². The second-order valence-corrected chi connectivity index (χ2v) is 9.53. The summed E-state index contributed by atoms with van der Waals surface area (Å²) >= 11 is 1.14. The normalized spacial score (nSPS) is 13.1. The molecule has 0 saturated carbocycles. The number of halogens is 6. The molecule has 0 radical (unpaired) electrons. The summed E-state index contributed by atoms with van der Waals surface area (Å²) < 4.78 is 104. The fourth-order valence-electron chi connectivity index (χ4n) is 2.43. The number of nitrogens with two attached hydrogens (primary N) is 1. The SMILES string of the molecule is CCCCCSCN(Cc1cc(C(F)(F)F)cc(C(F)(F)F)c1)S(=O)(=O)CC(N)=O. The molecule has 0 fully saturated rings. The van der Waals surface area contributed by atoms with E-state index in [1.165, 1.54) is 0 Å². The van der Waals surface area contributed by atoms with E-state index in [0.717, 1.165) is 31.0 Å². The number of thioether (sulfide) groups is 1. The average Bonchev–Trinajstić information content (AvgIpc) is 2.57. The Morgan fingerprint density at radius 3 is 2.00 bits per heavy atom. The second kappa shape index (κ2) is 10.7. The number of benzene rings is 1. The van der Waals surface area contributed by atoms with Crippen molar-refractivity contribution in [3.8, 4) is 0 Å². The van der Waals surface area contributed by atoms with Crippen LogP contribution in [0.4, 0.5) is 26.3 Å². The van der Waals surface area contributed by atoms with Gasteiger partial charge in [0, 0.05) is 6.54 Å². The number of hydrogen-bond donors (Lipinski definition) is 1. The smallest absolute Gasteiger partial charge is 0.369 e. The zero-order chi connectivity index (χ0) is 23.2. The first-order valence-electron chi connectivity index (χ1n) is 8.79. The zero-order valence-corrected chi connectivity index (χ0v) is 17.6. The van der Waals surface area contributed by atoms with Gasteiger partial charge in [-0.15, -0.1) is 11.8 Å². The van der Waals surface area contributed by atoms with E-state index in [1.54, 1.807) is 0 Å². The monoisotopic (exact) mass is 480 g/mol. The lowest BCUT2D eigenvalue weighted by Gasteiger charge is -2.22. The topological polar surface area (TPSA) is 80.5 Å². The molecule has 0 saturated heterocycles. The predicted octanol–water partition coefficient (Wildman–Crippen LogP) is 4.22. The molecule has 0 spiro atoms. The van der Waals surface area contributed by atoms with Crippen molar-refractivity contribution in [2.75, 3.05) is 17.4 Å². The summed E-state index contributed by atoms with van der Waals surface area (Å²) in [7, 11) is -4.33. The summed E-state index contributed by atoms with van der Waals surface area (Å²) in [5, 5.41) is 0. The van der Waals surface area contributed by atoms with E-state index in [9.17, 15) is 39.6 Å². The van der Waals surface area contributed by atoms with Gasteiger partial charge in [0.2, 0.25) is 15.9 Å². The molecule has 0 aromatic heterocycles. The van der Waals surface area contributed by atoms with Crippen LogP contribution < -0.4 is 5.73 Å². The molecule has 0 heterocycles. The fourth-order valence-corrected chi connectivity index (χ4v) is 5.02. The first kappa shape index (κ1) is 26.6. The number of unbranched alkanes of at least 4 members (excludes halogenated alkanes) is 2. The second-order valence-electron chi connectivity index (χ2n) is 6.49. The molecule has 172 valence electrons. The van der Waals surface area contributed by atoms with Gasteiger partial charge in [-0.25, -0.2) is 8.42 Å². The van der Waals surface area contributed by atoms with Crippen LogP contribution >= 0.6 is 11.8 Å². The van der Waals surface area contributed by atoms with Crippen molar-refractivity contribution >= 4 is 27.7 Å². The molecule has 0 bridgehead atoms. The van der Waals surface area contributed by atoms with Crippen molar-refractivity contribution in [3.63, 3.8) is 0 Å². The molecular formula is C17H22F6N2O3S2. The van der Waals surface area contributed by atoms with Crippen molar-refractivity contribution in [2.45, 2.75) is 45.1 Å². The zero-order valence-electron chi connectivity index (χ0n) is 16.0. The van der Waals surface area contributed by atoms with E-state index in [-0.39, 0.29) is 11.9 Å². The number of carbonyl (C=O) groups excluding carboxylic acids is 1. The highest BCUT2D eigenvalue weighted by Gasteiger charge is 2.37. The van der Waals surface area contributed by atoms with E-state index in [2.05, 4.69) is 0 Å². The van der Waals surface area contributed by atoms with E-state index < -0.39 is 57.3 Å². The molecule has 0 aliphatic heterocycles. The Morgan fingerprint density at radius 1 is 1.03 bits per heavy atom. The van der Waals surface area contributed by atoms with E-state index in [0.29, 0.717) is 22.2 Å². The van der Waals surface area contributed by atoms with Crippen LogP contribution in [0.15, 0.2) is 18.2 Å². The van der Waals surface area contributed by atoms with Crippen LogP contribution in [-0.2, 0) is 33.7 Å². The van der Waals surface area contributed by atoms with Gasteiger partial charge in [0.25, 0.3) is 0 Å². The quantitative estimate of drug-likeness (QED) is 0.292. The number of carbonyl (C=O) groups is 1. The number of hydrogen-bond acceptors (Lipinski definition) is 4. The maximum absolute atomic E-state index is 13.0. The number of rotatable bonds is 11. The molecule has 1 aromatic carbocycles. The average molecular weight is 480 g/mol. The third-order valence-electron chi connectivity index (χ3n) is 3.85. The molecular weight excluding hydrogens is 458 g/mol. The van der Waals surface area contributed by atoms with Gasteiger partial charge in [-0.1, -0.05) is 19.8 Å². The van der Waals surface area contributed by atoms with Crippen LogP contribution in [-0.4, -0.2) is 36.0 Å². The summed E-state index contributed by atoms with van der Waals surface area (Å²) in [5.41, 5.74) is 1.32. The molecule has 30 heavy (non-hydrogen) atoms. The van der Waals surface area contributed by atoms with Gasteiger partial charge in [0.05, 0.1) is 17.0 Å². The number of nitrogens with zero attached hydrogens (tertiary/aromatic N) is 1. The van der Waals surface area contributed by atoms with Crippen LogP contribution in [0.1, 0.15) is 42.9 Å². The molecule has 0 aliphatic carbocycles. The lowest BCUT2D eigenvalue weighted by molar-refractivity contribution is -0.143. The van der Waals surface area contributed by atoms with Crippen LogP contribution in [0.3, 0.4) is 0 Å². The van der Waals surface area contributed by atoms with Crippen molar-refractivity contribution < 1.29 is 39.6 Å². The predicted molar refractivity (Wildman–Crippen MR) is 102 cm³/mol. The van der Waals surface area contributed by atoms with Crippen LogP contribution in [0.25, 0.3) is 0 Å². The van der Waals surface area contributed by atoms with Gasteiger partial charge in [0.15, 0.2) is 0 Å². The minimum atomic E-state index is -5.05. The van der Waals surface area contributed by atoms with Crippen molar-refractivity contribution in [3.05, 3.63) is 34.9 Å². The fraction of sp³-hybridized carbons (Fsp3) is 0.588. The van der Waals surface area contributed by atoms with Gasteiger partial charge >= 0.3 is 12.4 Å². The van der Waals surface area contributed by atoms with Gasteiger partial charge in [-0.3, -0.25) is 4.79 Å². The van der Waals surface area contributed by atoms with E-state index >= 15 is 0 Å². The summed E-state index contributed by atoms with van der Waals surface area (Å²) in [6, 6.07) is 0.888. The Balaban J connectivity index is 3.24. The number of primary amides is 1. The summed E-state index contributed by atoms with van der Waals surface area (Å²) in [6.07, 6.45) is -7.56. The molecule has 1 aromatic rings. The Hall–Kier alpha value is -1.47. The molecule has 5 nitrogen and oxygen atoms in total. The van der Waals surface area contributed by atoms with Gasteiger partial charge in [-0.2, -0.15) is 30.6 Å². The lowest BCUT2D eigenvalue weighted by Crippen LogP contribution is -2.37. The Bertz CT molecular complexity index is 794. The molecule has 2 N–H and O–H groups in total. The third-order valence-corrected chi connectivity index (χ3v) is 6.78. The van der Waals surface area contributed by atoms with Crippen molar-refractivity contribution in [1.29, 1.82) is 0 Å². The Labute approximate surface area is 175 Å². The number of sulfonamides is 1. The number of amides is 1. The summed E-state index contributed by atoms with van der Waals surface area (Å²) in [5.74, 6) is -1.99. The summed E-state index contributed by atoms with van der Waals surface area (Å²) in [6.45, 7) is 1.20. The minimum absolute atomic E-state index is 0.0365. The third kappa shape index (κ3) is 8.72. The molecule has 1 amide bonds. The highest BCUT2D eigenvalue weighted by Crippen LogP contribution is 2.36. The van der Waals surface area contributed by atoms with Crippen molar-refractivity contribution in [1.82, 2.24) is 4.31 Å². The molecule has 0 unspecified atom stereocenters. The maximum Gasteiger partial charge on any atom is 0.416 e. The lowest BCUT2D eigenvalue weighted by atomic mass is 10.0. The molecule has 13 heteroatoms. The van der Waals surface area contributed by atoms with Crippen LogP contribution in [0.2, 0.25) is 0 Å². The standard InChI is InChI=1S/C17H22F6N2O3S2/c1-2-3-4-5-29-11-25(30(27,28)10-15(24)26)9-12-6-13(16(18,19)20)8-14(7-12)17(21,22)23/h6-8H,2-5,9-11H2,1H3,(H2,24,26). The first-order chi connectivity index (χ1) is 13.7. The Morgan fingerprint density at radius 2 is 1.57 bits per heavy atom. The molecule has 1 rings (SSSR count). The van der Waals surface area contributed by atoms with E-state index in [1.807, 2.05) is 6.92 Å². The Kier molecular flexibility index (Phi) is 9.49. The maximum atomic E-state index is 13.0. The molecule has 0 aliphatic rings. The largest absolute Gasteiger partial charge is 0.416 e. The van der Waals surface area contributed by atoms with Gasteiger partial charge < -0.3 is 5.73 Å². The summed E-state index contributed by atoms with van der Waals surface area (Å²) in [4.78, 5) is 11.1. The van der Waals surface area contributed by atoms with E-state index in [4.69, 9.17) is 5.73 Å². The van der Waals surface area contributed by atoms with Crippen LogP contribution in [0, 0.1) is 0 Å². The first-order valence-corrected chi connectivity index (χ1v) is 11.6. The molecule has 0 atom stereocenters. The van der Waals surface area contributed by atoms with Gasteiger partial charge in [-0.05, 0) is 35.9 Å². The van der Waals surface area contributed by atoms with Crippen LogP contribution in [0.5, 0.6) is 0 Å². The van der Waals surface area contributed by atoms with Gasteiger partial charge in [0.1, 0.15) is 5.75 Å². The number of alkyl halides is 6. The highest BCUT2D eigenvalue weighted by atomic mass is 32.2.